The number of ketones is 1. The third-order valence-corrected chi connectivity index (χ3v) is 3.64. The lowest BCUT2D eigenvalue weighted by Crippen LogP contribution is -2.36. The van der Waals surface area contributed by atoms with E-state index in [0.29, 0.717) is 18.1 Å². The van der Waals surface area contributed by atoms with E-state index >= 15 is 0 Å². The van der Waals surface area contributed by atoms with Crippen molar-refractivity contribution in [2.75, 3.05) is 13.1 Å². The highest BCUT2D eigenvalue weighted by atomic mass is 35.5. The van der Waals surface area contributed by atoms with Crippen LogP contribution in [0.1, 0.15) is 18.4 Å². The molecule has 1 aromatic rings. The first-order valence-electron chi connectivity index (χ1n) is 6.77. The van der Waals surface area contributed by atoms with Crippen LogP contribution in [0.4, 0.5) is 0 Å². The second-order valence-corrected chi connectivity index (χ2v) is 5.32. The van der Waals surface area contributed by atoms with Crippen LogP contribution in [0.3, 0.4) is 0 Å². The van der Waals surface area contributed by atoms with Gasteiger partial charge in [0.2, 0.25) is 5.91 Å². The van der Waals surface area contributed by atoms with Gasteiger partial charge in [-0.25, -0.2) is 0 Å². The van der Waals surface area contributed by atoms with E-state index in [4.69, 9.17) is 16.9 Å². The zero-order valence-electron chi connectivity index (χ0n) is 11.5. The number of hydrogen-bond donors (Lipinski definition) is 0. The number of nitriles is 1. The molecule has 1 aliphatic heterocycles. The van der Waals surface area contributed by atoms with Gasteiger partial charge in [-0.2, -0.15) is 5.26 Å². The smallest absolute Gasteiger partial charge is 0.247 e. The van der Waals surface area contributed by atoms with E-state index in [2.05, 4.69) is 0 Å². The van der Waals surface area contributed by atoms with Gasteiger partial charge in [0, 0.05) is 18.1 Å². The average molecular weight is 303 g/mol. The number of halogens is 1. The van der Waals surface area contributed by atoms with Crippen LogP contribution in [0.2, 0.25) is 5.02 Å². The predicted molar refractivity (Wildman–Crippen MR) is 80.4 cm³/mol. The molecule has 1 saturated heterocycles. The molecule has 1 atom stereocenters. The quantitative estimate of drug-likeness (QED) is 0.634. The lowest BCUT2D eigenvalue weighted by Gasteiger charge is -2.16. The van der Waals surface area contributed by atoms with Crippen molar-refractivity contribution >= 4 is 29.4 Å². The highest BCUT2D eigenvalue weighted by Crippen LogP contribution is 2.14. The van der Waals surface area contributed by atoms with Crippen LogP contribution < -0.4 is 0 Å². The Hall–Kier alpha value is -2.12. The summed E-state index contributed by atoms with van der Waals surface area (Å²) in [4.78, 5) is 25.7. The summed E-state index contributed by atoms with van der Waals surface area (Å²) >= 11 is 5.78. The summed E-state index contributed by atoms with van der Waals surface area (Å²) < 4.78 is 0. The minimum Gasteiger partial charge on any atom is -0.341 e. The Kier molecular flexibility index (Phi) is 5.13. The molecule has 0 spiro atoms. The van der Waals surface area contributed by atoms with Crippen LogP contribution >= 0.6 is 11.6 Å². The first kappa shape index (κ1) is 15.3. The van der Waals surface area contributed by atoms with E-state index < -0.39 is 11.7 Å². The SMILES string of the molecule is N#C[C@H](C(=O)/C=C/c1ccc(Cl)cc1)C(=O)N1CCCC1. The van der Waals surface area contributed by atoms with Crippen LogP contribution in [0.5, 0.6) is 0 Å². The fourth-order valence-corrected chi connectivity index (χ4v) is 2.34. The maximum absolute atomic E-state index is 12.1. The van der Waals surface area contributed by atoms with Crippen LogP contribution in [-0.2, 0) is 9.59 Å². The Balaban J connectivity index is 2.04. The van der Waals surface area contributed by atoms with Crippen molar-refractivity contribution in [3.8, 4) is 6.07 Å². The second-order valence-electron chi connectivity index (χ2n) is 4.88. The van der Waals surface area contributed by atoms with E-state index in [-0.39, 0.29) is 5.91 Å². The molecule has 0 bridgehead atoms. The zero-order chi connectivity index (χ0) is 15.2. The maximum atomic E-state index is 12.1. The molecular weight excluding hydrogens is 288 g/mol. The van der Waals surface area contributed by atoms with Crippen molar-refractivity contribution < 1.29 is 9.59 Å². The predicted octanol–water partition coefficient (Wildman–Crippen LogP) is 2.68. The maximum Gasteiger partial charge on any atom is 0.247 e. The molecule has 1 aliphatic rings. The van der Waals surface area contributed by atoms with Crippen molar-refractivity contribution in [3.63, 3.8) is 0 Å². The monoisotopic (exact) mass is 302 g/mol. The zero-order valence-corrected chi connectivity index (χ0v) is 12.2. The van der Waals surface area contributed by atoms with Gasteiger partial charge in [0.25, 0.3) is 0 Å². The molecule has 0 radical (unpaired) electrons. The summed E-state index contributed by atoms with van der Waals surface area (Å²) in [5.41, 5.74) is 0.790. The first-order valence-corrected chi connectivity index (χ1v) is 7.15. The molecular formula is C16H15ClN2O2. The molecule has 0 unspecified atom stereocenters. The van der Waals surface area contributed by atoms with E-state index in [9.17, 15) is 9.59 Å². The van der Waals surface area contributed by atoms with Crippen molar-refractivity contribution in [3.05, 3.63) is 40.9 Å². The van der Waals surface area contributed by atoms with Crippen molar-refractivity contribution in [1.82, 2.24) is 4.90 Å². The van der Waals surface area contributed by atoms with Gasteiger partial charge in [0.1, 0.15) is 0 Å². The normalized spacial score (nSPS) is 15.9. The number of carbonyl (C=O) groups excluding carboxylic acids is 2. The molecule has 0 N–H and O–H groups in total. The third-order valence-electron chi connectivity index (χ3n) is 3.39. The molecule has 1 heterocycles. The number of hydrogen-bond acceptors (Lipinski definition) is 3. The lowest BCUT2D eigenvalue weighted by atomic mass is 10.0. The fraction of sp³-hybridized carbons (Fsp3) is 0.312. The molecule has 2 rings (SSSR count). The molecule has 4 nitrogen and oxygen atoms in total. The van der Waals surface area contributed by atoms with Gasteiger partial charge in [0.15, 0.2) is 11.7 Å². The highest BCUT2D eigenvalue weighted by molar-refractivity contribution is 6.30. The van der Waals surface area contributed by atoms with Crippen molar-refractivity contribution in [1.29, 1.82) is 5.26 Å². The Morgan fingerprint density at radius 3 is 2.43 bits per heavy atom. The Morgan fingerprint density at radius 2 is 1.86 bits per heavy atom. The van der Waals surface area contributed by atoms with Gasteiger partial charge in [-0.05, 0) is 36.6 Å². The van der Waals surface area contributed by atoms with Gasteiger partial charge in [-0.1, -0.05) is 29.8 Å². The standard InChI is InChI=1S/C16H15ClN2O2/c17-13-6-3-12(4-7-13)5-8-15(20)14(11-18)16(21)19-9-1-2-10-19/h3-8,14H,1-2,9-10H2/b8-5+/t14-/m1/s1. The molecule has 108 valence electrons. The molecule has 21 heavy (non-hydrogen) atoms. The second kappa shape index (κ2) is 7.05. The molecule has 1 fully saturated rings. The van der Waals surface area contributed by atoms with E-state index in [1.165, 1.54) is 6.08 Å². The number of benzene rings is 1. The molecule has 1 aromatic carbocycles. The Bertz CT molecular complexity index is 596. The minimum absolute atomic E-state index is 0.388. The molecule has 0 saturated carbocycles. The van der Waals surface area contributed by atoms with Gasteiger partial charge in [0.05, 0.1) is 6.07 Å². The summed E-state index contributed by atoms with van der Waals surface area (Å²) in [5, 5.41) is 9.70. The number of amides is 1. The number of likely N-dealkylation sites (tertiary alicyclic amines) is 1. The van der Waals surface area contributed by atoms with E-state index in [0.717, 1.165) is 18.4 Å². The summed E-state index contributed by atoms with van der Waals surface area (Å²) in [6, 6.07) is 8.75. The van der Waals surface area contributed by atoms with Gasteiger partial charge < -0.3 is 4.90 Å². The first-order chi connectivity index (χ1) is 10.1. The third kappa shape index (κ3) is 3.93. The minimum atomic E-state index is -1.24. The number of rotatable bonds is 4. The average Bonchev–Trinajstić information content (AvgIpc) is 3.01. The van der Waals surface area contributed by atoms with Crippen molar-refractivity contribution in [2.45, 2.75) is 12.8 Å². The van der Waals surface area contributed by atoms with E-state index in [1.807, 2.05) is 6.07 Å². The van der Waals surface area contributed by atoms with Gasteiger partial charge in [-0.15, -0.1) is 0 Å². The van der Waals surface area contributed by atoms with Gasteiger partial charge in [-0.3, -0.25) is 9.59 Å². The number of allylic oxidation sites excluding steroid dienone is 1. The van der Waals surface area contributed by atoms with Crippen molar-refractivity contribution in [2.24, 2.45) is 5.92 Å². The van der Waals surface area contributed by atoms with Crippen LogP contribution in [-0.4, -0.2) is 29.7 Å². The van der Waals surface area contributed by atoms with Crippen LogP contribution in [0.15, 0.2) is 30.3 Å². The summed E-state index contributed by atoms with van der Waals surface area (Å²) in [5.74, 6) is -2.11. The Morgan fingerprint density at radius 1 is 1.24 bits per heavy atom. The lowest BCUT2D eigenvalue weighted by molar-refractivity contribution is -0.136. The van der Waals surface area contributed by atoms with Gasteiger partial charge >= 0.3 is 0 Å². The summed E-state index contributed by atoms with van der Waals surface area (Å²) in [6.07, 6.45) is 4.72. The highest BCUT2D eigenvalue weighted by Gasteiger charge is 2.30. The molecule has 0 aliphatic carbocycles. The fourth-order valence-electron chi connectivity index (χ4n) is 2.21. The Labute approximate surface area is 128 Å². The number of nitrogens with zero attached hydrogens (tertiary/aromatic N) is 2. The molecule has 0 aromatic heterocycles. The van der Waals surface area contributed by atoms with E-state index in [1.54, 1.807) is 35.2 Å². The summed E-state index contributed by atoms with van der Waals surface area (Å²) in [7, 11) is 0. The summed E-state index contributed by atoms with van der Waals surface area (Å²) in [6.45, 7) is 1.26. The van der Waals surface area contributed by atoms with Crippen LogP contribution in [0.25, 0.3) is 6.08 Å². The largest absolute Gasteiger partial charge is 0.341 e. The topological polar surface area (TPSA) is 61.2 Å². The molecule has 5 heteroatoms. The van der Waals surface area contributed by atoms with Crippen LogP contribution in [0, 0.1) is 17.2 Å². The molecule has 1 amide bonds. The number of carbonyl (C=O) groups is 2.